The van der Waals surface area contributed by atoms with E-state index in [1.807, 2.05) is 6.92 Å². The Hall–Kier alpha value is -1.89. The van der Waals surface area contributed by atoms with Crippen LogP contribution in [0.1, 0.15) is 18.9 Å². The molecule has 1 heterocycles. The number of benzene rings is 1. The smallest absolute Gasteiger partial charge is 0.331 e. The van der Waals surface area contributed by atoms with Gasteiger partial charge in [0.25, 0.3) is 5.56 Å². The quantitative estimate of drug-likeness (QED) is 0.911. The van der Waals surface area contributed by atoms with Gasteiger partial charge in [0.1, 0.15) is 11.5 Å². The third kappa shape index (κ3) is 3.07. The second-order valence-electron chi connectivity index (χ2n) is 4.66. The molecule has 112 valence electrons. The van der Waals surface area contributed by atoms with E-state index in [-0.39, 0.29) is 16.7 Å². The molecule has 7 heteroatoms. The Morgan fingerprint density at radius 2 is 2.05 bits per heavy atom. The number of nitrogens with two attached hydrogens (primary N) is 1. The maximum Gasteiger partial charge on any atom is 0.331 e. The molecule has 5 nitrogen and oxygen atoms in total. The average Bonchev–Trinajstić information content (AvgIpc) is 2.45. The van der Waals surface area contributed by atoms with Crippen molar-refractivity contribution in [2.45, 2.75) is 26.4 Å². The normalized spacial score (nSPS) is 10.8. The van der Waals surface area contributed by atoms with Crippen molar-refractivity contribution in [3.05, 3.63) is 61.1 Å². The van der Waals surface area contributed by atoms with Crippen LogP contribution in [-0.2, 0) is 13.1 Å². The van der Waals surface area contributed by atoms with Gasteiger partial charge < -0.3 is 5.73 Å². The van der Waals surface area contributed by atoms with E-state index in [2.05, 4.69) is 15.9 Å². The first-order valence-corrected chi connectivity index (χ1v) is 7.27. The monoisotopic (exact) mass is 355 g/mol. The predicted molar refractivity (Wildman–Crippen MR) is 82.9 cm³/mol. The number of rotatable bonds is 4. The van der Waals surface area contributed by atoms with E-state index < -0.39 is 17.1 Å². The third-order valence-corrected chi connectivity index (χ3v) is 3.98. The van der Waals surface area contributed by atoms with Crippen molar-refractivity contribution in [3.63, 3.8) is 0 Å². The molecule has 1 aromatic heterocycles. The van der Waals surface area contributed by atoms with Crippen LogP contribution in [0.2, 0.25) is 0 Å². The second kappa shape index (κ2) is 6.26. The molecule has 2 aromatic rings. The van der Waals surface area contributed by atoms with Crippen LogP contribution in [0.5, 0.6) is 0 Å². The van der Waals surface area contributed by atoms with Crippen LogP contribution < -0.4 is 17.0 Å². The van der Waals surface area contributed by atoms with E-state index in [0.29, 0.717) is 12.1 Å². The maximum absolute atomic E-state index is 13.5. The van der Waals surface area contributed by atoms with Crippen LogP contribution in [0, 0.1) is 5.82 Å². The van der Waals surface area contributed by atoms with Gasteiger partial charge in [-0.1, -0.05) is 19.1 Å². The minimum atomic E-state index is -0.566. The van der Waals surface area contributed by atoms with Crippen molar-refractivity contribution in [2.75, 3.05) is 5.73 Å². The fourth-order valence-corrected chi connectivity index (χ4v) is 2.45. The number of anilines is 1. The van der Waals surface area contributed by atoms with Crippen LogP contribution in [0.3, 0.4) is 0 Å². The van der Waals surface area contributed by atoms with Gasteiger partial charge in [-0.05, 0) is 34.0 Å². The van der Waals surface area contributed by atoms with Crippen molar-refractivity contribution in [1.82, 2.24) is 9.13 Å². The molecule has 21 heavy (non-hydrogen) atoms. The van der Waals surface area contributed by atoms with E-state index in [1.165, 1.54) is 22.9 Å². The zero-order valence-electron chi connectivity index (χ0n) is 11.5. The molecular weight excluding hydrogens is 341 g/mol. The molecule has 0 spiro atoms. The van der Waals surface area contributed by atoms with Crippen LogP contribution in [0.25, 0.3) is 0 Å². The van der Waals surface area contributed by atoms with Gasteiger partial charge in [0.2, 0.25) is 0 Å². The highest BCUT2D eigenvalue weighted by Gasteiger charge is 2.12. The summed E-state index contributed by atoms with van der Waals surface area (Å²) in [7, 11) is 0. The summed E-state index contributed by atoms with van der Waals surface area (Å²) in [6, 6.07) is 4.47. The SMILES string of the molecule is CCCn1cc(N)c(=O)n(Cc2cccc(F)c2Br)c1=O. The second-order valence-corrected chi connectivity index (χ2v) is 5.46. The molecule has 0 radical (unpaired) electrons. The van der Waals surface area contributed by atoms with Crippen LogP contribution in [0.4, 0.5) is 10.1 Å². The molecule has 0 unspecified atom stereocenters. The van der Waals surface area contributed by atoms with Gasteiger partial charge in [-0.15, -0.1) is 0 Å². The molecule has 0 saturated heterocycles. The minimum absolute atomic E-state index is 0.00410. The molecule has 2 rings (SSSR count). The van der Waals surface area contributed by atoms with Crippen LogP contribution in [-0.4, -0.2) is 9.13 Å². The van der Waals surface area contributed by atoms with E-state index in [1.54, 1.807) is 6.07 Å². The fraction of sp³-hybridized carbons (Fsp3) is 0.286. The lowest BCUT2D eigenvalue weighted by molar-refractivity contribution is 0.569. The lowest BCUT2D eigenvalue weighted by Gasteiger charge is -2.12. The Bertz CT molecular complexity index is 783. The summed E-state index contributed by atoms with van der Waals surface area (Å²) >= 11 is 3.12. The fourth-order valence-electron chi connectivity index (χ4n) is 2.06. The Balaban J connectivity index is 2.56. The average molecular weight is 356 g/mol. The van der Waals surface area contributed by atoms with Gasteiger partial charge in [-0.3, -0.25) is 13.9 Å². The number of nitrogen functional groups attached to an aromatic ring is 1. The summed E-state index contributed by atoms with van der Waals surface area (Å²) < 4.78 is 16.2. The van der Waals surface area contributed by atoms with Gasteiger partial charge in [0.05, 0.1) is 11.0 Å². The number of aryl methyl sites for hydroxylation is 1. The van der Waals surface area contributed by atoms with Crippen molar-refractivity contribution in [2.24, 2.45) is 0 Å². The highest BCUT2D eigenvalue weighted by atomic mass is 79.9. The summed E-state index contributed by atoms with van der Waals surface area (Å²) in [5.74, 6) is -0.446. The van der Waals surface area contributed by atoms with Gasteiger partial charge in [-0.25, -0.2) is 9.18 Å². The van der Waals surface area contributed by atoms with Gasteiger partial charge in [-0.2, -0.15) is 0 Å². The highest BCUT2D eigenvalue weighted by Crippen LogP contribution is 2.20. The third-order valence-electron chi connectivity index (χ3n) is 3.09. The molecule has 0 aliphatic rings. The van der Waals surface area contributed by atoms with E-state index in [9.17, 15) is 14.0 Å². The molecule has 0 aliphatic heterocycles. The first-order valence-electron chi connectivity index (χ1n) is 6.48. The van der Waals surface area contributed by atoms with Gasteiger partial charge in [0.15, 0.2) is 0 Å². The minimum Gasteiger partial charge on any atom is -0.393 e. The zero-order valence-corrected chi connectivity index (χ0v) is 13.1. The summed E-state index contributed by atoms with van der Waals surface area (Å²) in [5, 5.41) is 0. The number of aromatic nitrogens is 2. The largest absolute Gasteiger partial charge is 0.393 e. The first kappa shape index (κ1) is 15.5. The Kier molecular flexibility index (Phi) is 4.62. The van der Waals surface area contributed by atoms with Crippen LogP contribution >= 0.6 is 15.9 Å². The van der Waals surface area contributed by atoms with E-state index in [0.717, 1.165) is 11.0 Å². The topological polar surface area (TPSA) is 70.0 Å². The number of hydrogen-bond donors (Lipinski definition) is 1. The molecule has 0 aliphatic carbocycles. The number of hydrogen-bond acceptors (Lipinski definition) is 3. The number of halogens is 2. The molecule has 0 atom stereocenters. The molecule has 0 amide bonds. The van der Waals surface area contributed by atoms with Crippen molar-refractivity contribution < 1.29 is 4.39 Å². The van der Waals surface area contributed by atoms with Crippen molar-refractivity contribution in [1.29, 1.82) is 0 Å². The summed E-state index contributed by atoms with van der Waals surface area (Å²) in [4.78, 5) is 24.4. The van der Waals surface area contributed by atoms with Crippen molar-refractivity contribution >= 4 is 21.6 Å². The first-order chi connectivity index (χ1) is 9.95. The van der Waals surface area contributed by atoms with Crippen molar-refractivity contribution in [3.8, 4) is 0 Å². The number of nitrogens with zero attached hydrogens (tertiary/aromatic N) is 2. The highest BCUT2D eigenvalue weighted by molar-refractivity contribution is 9.10. The van der Waals surface area contributed by atoms with Gasteiger partial charge in [0, 0.05) is 12.7 Å². The molecular formula is C14H15BrFN3O2. The standard InChI is InChI=1S/C14H15BrFN3O2/c1-2-6-18-8-11(17)13(20)19(14(18)21)7-9-4-3-5-10(16)12(9)15/h3-5,8H,2,6-7,17H2,1H3. The maximum atomic E-state index is 13.5. The Morgan fingerprint density at radius 3 is 2.71 bits per heavy atom. The Morgan fingerprint density at radius 1 is 1.33 bits per heavy atom. The zero-order chi connectivity index (χ0) is 15.6. The molecule has 1 aromatic carbocycles. The molecule has 0 saturated carbocycles. The van der Waals surface area contributed by atoms with Gasteiger partial charge >= 0.3 is 5.69 Å². The molecule has 2 N–H and O–H groups in total. The summed E-state index contributed by atoms with van der Waals surface area (Å²) in [5.41, 5.74) is 5.14. The molecule has 0 bridgehead atoms. The van der Waals surface area contributed by atoms with E-state index >= 15 is 0 Å². The predicted octanol–water partition coefficient (Wildman–Crippen LogP) is 1.95. The van der Waals surface area contributed by atoms with Crippen LogP contribution in [0.15, 0.2) is 38.5 Å². The van der Waals surface area contributed by atoms with E-state index in [4.69, 9.17) is 5.73 Å². The lowest BCUT2D eigenvalue weighted by Crippen LogP contribution is -2.41. The summed E-state index contributed by atoms with van der Waals surface area (Å²) in [6.07, 6.45) is 2.09. The Labute approximate surface area is 129 Å². The lowest BCUT2D eigenvalue weighted by atomic mass is 10.2. The summed E-state index contributed by atoms with van der Waals surface area (Å²) in [6.45, 7) is 2.35. The molecule has 0 fully saturated rings.